The average Bonchev–Trinajstić information content (AvgIpc) is 2.62. The van der Waals surface area contributed by atoms with Gasteiger partial charge in [0.2, 0.25) is 0 Å². The number of nitrogens with one attached hydrogen (secondary N) is 2. The van der Waals surface area contributed by atoms with Gasteiger partial charge in [-0.15, -0.1) is 24.0 Å². The molecule has 2 N–H and O–H groups in total. The predicted molar refractivity (Wildman–Crippen MR) is 107 cm³/mol. The van der Waals surface area contributed by atoms with E-state index in [4.69, 9.17) is 10.00 Å². The number of guanidine groups is 1. The number of nitriles is 1. The fourth-order valence-electron chi connectivity index (χ4n) is 2.08. The summed E-state index contributed by atoms with van der Waals surface area (Å²) in [5, 5.41) is 15.0. The highest BCUT2D eigenvalue weighted by Gasteiger charge is 2.05. The maximum atomic E-state index is 13.4. The van der Waals surface area contributed by atoms with Gasteiger partial charge in [-0.1, -0.05) is 12.1 Å². The van der Waals surface area contributed by atoms with Crippen molar-refractivity contribution in [2.75, 3.05) is 20.2 Å². The molecular formula is C18H19F2IN4O. The molecule has 0 unspecified atom stereocenters. The Kier molecular flexibility index (Phi) is 9.36. The summed E-state index contributed by atoms with van der Waals surface area (Å²) in [7, 11) is 1.63. The Morgan fingerprint density at radius 1 is 1.19 bits per heavy atom. The number of ether oxygens (including phenoxy) is 1. The van der Waals surface area contributed by atoms with Gasteiger partial charge in [0.05, 0.1) is 18.2 Å². The first-order valence-corrected chi connectivity index (χ1v) is 7.64. The van der Waals surface area contributed by atoms with Gasteiger partial charge in [0.1, 0.15) is 12.4 Å². The molecule has 0 heterocycles. The Balaban J connectivity index is 0.00000338. The summed E-state index contributed by atoms with van der Waals surface area (Å²) in [4.78, 5) is 4.07. The lowest BCUT2D eigenvalue weighted by Gasteiger charge is -2.13. The van der Waals surface area contributed by atoms with Crippen molar-refractivity contribution < 1.29 is 13.5 Å². The highest BCUT2D eigenvalue weighted by molar-refractivity contribution is 14.0. The van der Waals surface area contributed by atoms with E-state index in [1.54, 1.807) is 19.2 Å². The number of aliphatic imine (C=N–C) groups is 1. The lowest BCUT2D eigenvalue weighted by molar-refractivity contribution is 0.304. The van der Waals surface area contributed by atoms with Crippen molar-refractivity contribution in [3.8, 4) is 11.8 Å². The lowest BCUT2D eigenvalue weighted by atomic mass is 10.1. The molecule has 5 nitrogen and oxygen atoms in total. The Bertz CT molecular complexity index is 793. The second-order valence-corrected chi connectivity index (χ2v) is 5.09. The van der Waals surface area contributed by atoms with E-state index in [1.807, 2.05) is 12.1 Å². The number of hydrogen-bond acceptors (Lipinski definition) is 3. The van der Waals surface area contributed by atoms with Crippen LogP contribution in [0, 0.1) is 23.0 Å². The SMILES string of the molecule is CN=C(NCCOc1ccc(F)cc1F)NCc1cccc(C#N)c1.I. The molecule has 8 heteroatoms. The van der Waals surface area contributed by atoms with Crippen molar-refractivity contribution in [3.63, 3.8) is 0 Å². The van der Waals surface area contributed by atoms with Gasteiger partial charge in [0, 0.05) is 19.7 Å². The first kappa shape index (κ1) is 21.6. The third kappa shape index (κ3) is 6.84. The van der Waals surface area contributed by atoms with E-state index in [2.05, 4.69) is 21.7 Å². The van der Waals surface area contributed by atoms with Crippen LogP contribution in [0.2, 0.25) is 0 Å². The van der Waals surface area contributed by atoms with Gasteiger partial charge in [-0.05, 0) is 29.8 Å². The first-order chi connectivity index (χ1) is 12.1. The van der Waals surface area contributed by atoms with Crippen molar-refractivity contribution in [1.29, 1.82) is 5.26 Å². The molecule has 0 atom stereocenters. The van der Waals surface area contributed by atoms with Crippen molar-refractivity contribution >= 4 is 29.9 Å². The van der Waals surface area contributed by atoms with Gasteiger partial charge in [0.15, 0.2) is 17.5 Å². The molecule has 0 fully saturated rings. The standard InChI is InChI=1S/C18H18F2N4O.HI/c1-22-18(24-12-14-4-2-3-13(9-14)11-21)23-7-8-25-17-6-5-15(19)10-16(17)20;/h2-6,9-10H,7-8,12H2,1H3,(H2,22,23,24);1H. The highest BCUT2D eigenvalue weighted by Crippen LogP contribution is 2.17. The number of nitrogens with zero attached hydrogens (tertiary/aromatic N) is 2. The van der Waals surface area contributed by atoms with Crippen LogP contribution in [0.3, 0.4) is 0 Å². The zero-order valence-corrected chi connectivity index (χ0v) is 16.5. The van der Waals surface area contributed by atoms with Crippen LogP contribution < -0.4 is 15.4 Å². The zero-order chi connectivity index (χ0) is 18.1. The van der Waals surface area contributed by atoms with Gasteiger partial charge in [-0.3, -0.25) is 4.99 Å². The molecule has 0 spiro atoms. The van der Waals surface area contributed by atoms with Crippen LogP contribution in [0.5, 0.6) is 5.75 Å². The number of benzene rings is 2. The molecule has 0 aliphatic heterocycles. The highest BCUT2D eigenvalue weighted by atomic mass is 127. The molecule has 26 heavy (non-hydrogen) atoms. The molecule has 0 amide bonds. The van der Waals surface area contributed by atoms with E-state index in [1.165, 1.54) is 6.07 Å². The summed E-state index contributed by atoms with van der Waals surface area (Å²) >= 11 is 0. The normalized spacial score (nSPS) is 10.5. The molecule has 0 aromatic heterocycles. The summed E-state index contributed by atoms with van der Waals surface area (Å²) in [5.74, 6) is -0.835. The minimum absolute atomic E-state index is 0. The maximum Gasteiger partial charge on any atom is 0.191 e. The van der Waals surface area contributed by atoms with Crippen LogP contribution >= 0.6 is 24.0 Å². The van der Waals surface area contributed by atoms with E-state index in [0.717, 1.165) is 17.7 Å². The van der Waals surface area contributed by atoms with Crippen LogP contribution in [0.25, 0.3) is 0 Å². The fourth-order valence-corrected chi connectivity index (χ4v) is 2.08. The van der Waals surface area contributed by atoms with Crippen molar-refractivity contribution in [1.82, 2.24) is 10.6 Å². The number of rotatable bonds is 6. The monoisotopic (exact) mass is 472 g/mol. The van der Waals surface area contributed by atoms with Crippen LogP contribution in [0.15, 0.2) is 47.5 Å². The van der Waals surface area contributed by atoms with E-state index < -0.39 is 11.6 Å². The number of halogens is 3. The van der Waals surface area contributed by atoms with Gasteiger partial charge in [-0.2, -0.15) is 5.26 Å². The average molecular weight is 472 g/mol. The lowest BCUT2D eigenvalue weighted by Crippen LogP contribution is -2.38. The third-order valence-electron chi connectivity index (χ3n) is 3.29. The smallest absolute Gasteiger partial charge is 0.191 e. The molecule has 0 saturated carbocycles. The van der Waals surface area contributed by atoms with E-state index >= 15 is 0 Å². The summed E-state index contributed by atoms with van der Waals surface area (Å²) in [5.41, 5.74) is 1.55. The van der Waals surface area contributed by atoms with Gasteiger partial charge >= 0.3 is 0 Å². The van der Waals surface area contributed by atoms with Crippen LogP contribution in [0.4, 0.5) is 8.78 Å². The summed E-state index contributed by atoms with van der Waals surface area (Å²) in [6, 6.07) is 12.5. The van der Waals surface area contributed by atoms with Crippen molar-refractivity contribution in [3.05, 3.63) is 65.2 Å². The van der Waals surface area contributed by atoms with Gasteiger partial charge < -0.3 is 15.4 Å². The summed E-state index contributed by atoms with van der Waals surface area (Å²) in [6.07, 6.45) is 0. The molecule has 0 saturated heterocycles. The van der Waals surface area contributed by atoms with E-state index in [0.29, 0.717) is 24.6 Å². The fraction of sp³-hybridized carbons (Fsp3) is 0.222. The molecule has 0 bridgehead atoms. The largest absolute Gasteiger partial charge is 0.489 e. The molecule has 0 aliphatic carbocycles. The Morgan fingerprint density at radius 2 is 2.00 bits per heavy atom. The molecule has 2 aromatic rings. The Morgan fingerprint density at radius 3 is 2.69 bits per heavy atom. The second kappa shape index (κ2) is 11.3. The zero-order valence-electron chi connectivity index (χ0n) is 14.1. The topological polar surface area (TPSA) is 69.4 Å². The molecule has 0 radical (unpaired) electrons. The van der Waals surface area contributed by atoms with Crippen molar-refractivity contribution in [2.24, 2.45) is 4.99 Å². The molecule has 138 valence electrons. The first-order valence-electron chi connectivity index (χ1n) is 7.64. The molecule has 0 aliphatic rings. The third-order valence-corrected chi connectivity index (χ3v) is 3.29. The Hall–Kier alpha value is -2.41. The molecular weight excluding hydrogens is 453 g/mol. The number of hydrogen-bond donors (Lipinski definition) is 2. The quantitative estimate of drug-likeness (QED) is 0.293. The minimum atomic E-state index is -0.736. The minimum Gasteiger partial charge on any atom is -0.489 e. The van der Waals surface area contributed by atoms with Crippen molar-refractivity contribution in [2.45, 2.75) is 6.54 Å². The predicted octanol–water partition coefficient (Wildman–Crippen LogP) is 3.20. The second-order valence-electron chi connectivity index (χ2n) is 5.09. The van der Waals surface area contributed by atoms with Crippen LogP contribution in [-0.4, -0.2) is 26.2 Å². The summed E-state index contributed by atoms with van der Waals surface area (Å²) in [6.45, 7) is 1.07. The van der Waals surface area contributed by atoms with Crippen LogP contribution in [-0.2, 0) is 6.54 Å². The Labute approximate surface area is 168 Å². The van der Waals surface area contributed by atoms with E-state index in [9.17, 15) is 8.78 Å². The van der Waals surface area contributed by atoms with Crippen LogP contribution in [0.1, 0.15) is 11.1 Å². The van der Waals surface area contributed by atoms with Gasteiger partial charge in [-0.25, -0.2) is 8.78 Å². The van der Waals surface area contributed by atoms with Gasteiger partial charge in [0.25, 0.3) is 0 Å². The summed E-state index contributed by atoms with van der Waals surface area (Å²) < 4.78 is 31.5. The molecule has 2 aromatic carbocycles. The molecule has 2 rings (SSSR count). The maximum absolute atomic E-state index is 13.4. The van der Waals surface area contributed by atoms with E-state index in [-0.39, 0.29) is 36.3 Å².